The molecule has 0 fully saturated rings. The van der Waals surface area contributed by atoms with Crippen LogP contribution in [0.5, 0.6) is 0 Å². The largest absolute Gasteiger partial charge is 0.325 e. The van der Waals surface area contributed by atoms with Crippen molar-refractivity contribution in [3.8, 4) is 0 Å². The lowest BCUT2D eigenvalue weighted by Gasteiger charge is -2.16. The summed E-state index contributed by atoms with van der Waals surface area (Å²) >= 11 is 0. The number of fused-ring (bicyclic) bond motifs is 1. The summed E-state index contributed by atoms with van der Waals surface area (Å²) in [5, 5.41) is 13.9. The van der Waals surface area contributed by atoms with Crippen molar-refractivity contribution in [2.75, 3.05) is 10.6 Å². The molecule has 2 aromatic carbocycles. The minimum absolute atomic E-state index is 0.0503. The molecule has 0 saturated carbocycles. The van der Waals surface area contributed by atoms with E-state index in [-0.39, 0.29) is 17.5 Å². The number of amides is 2. The van der Waals surface area contributed by atoms with E-state index >= 15 is 0 Å². The number of aromatic nitrogens is 3. The zero-order valence-corrected chi connectivity index (χ0v) is 16.0. The molecule has 0 saturated heterocycles. The van der Waals surface area contributed by atoms with Crippen LogP contribution in [0.1, 0.15) is 41.2 Å². The summed E-state index contributed by atoms with van der Waals surface area (Å²) in [7, 11) is 0. The van der Waals surface area contributed by atoms with Gasteiger partial charge < -0.3 is 10.6 Å². The highest BCUT2D eigenvalue weighted by Gasteiger charge is 2.38. The van der Waals surface area contributed by atoms with E-state index in [4.69, 9.17) is 0 Å². The lowest BCUT2D eigenvalue weighted by Crippen LogP contribution is -2.27. The van der Waals surface area contributed by atoms with Crippen molar-refractivity contribution in [2.45, 2.75) is 32.7 Å². The number of carbonyl (C=O) groups is 2. The number of hydrogen-bond donors (Lipinski definition) is 2. The van der Waals surface area contributed by atoms with Crippen LogP contribution in [0.2, 0.25) is 0 Å². The van der Waals surface area contributed by atoms with Crippen molar-refractivity contribution < 1.29 is 9.59 Å². The van der Waals surface area contributed by atoms with Crippen LogP contribution < -0.4 is 10.6 Å². The molecule has 1 aromatic heterocycles. The first kappa shape index (κ1) is 17.9. The van der Waals surface area contributed by atoms with Gasteiger partial charge in [0.2, 0.25) is 5.91 Å². The molecule has 3 aromatic rings. The van der Waals surface area contributed by atoms with E-state index in [1.54, 1.807) is 16.8 Å². The number of anilines is 2. The molecule has 2 N–H and O–H groups in total. The maximum absolute atomic E-state index is 12.7. The summed E-state index contributed by atoms with van der Waals surface area (Å²) in [5.74, 6) is -0.377. The quantitative estimate of drug-likeness (QED) is 0.733. The third kappa shape index (κ3) is 3.05. The standard InChI is InChI=1S/C21H21N5O2/c1-13-18(24-25-26(13)12-14-7-5-4-6-8-14)19(27)22-15-9-10-17-16(11-15)21(2,3)20(28)23-17/h4-11H,12H2,1-3H3,(H,22,27)(H,23,28). The Kier molecular flexibility index (Phi) is 4.22. The Labute approximate surface area is 162 Å². The van der Waals surface area contributed by atoms with Gasteiger partial charge in [-0.15, -0.1) is 5.10 Å². The Morgan fingerprint density at radius 1 is 1.18 bits per heavy atom. The van der Waals surface area contributed by atoms with Gasteiger partial charge in [0.05, 0.1) is 17.7 Å². The molecule has 142 valence electrons. The lowest BCUT2D eigenvalue weighted by atomic mass is 9.86. The monoisotopic (exact) mass is 375 g/mol. The molecule has 28 heavy (non-hydrogen) atoms. The predicted molar refractivity (Wildman–Crippen MR) is 106 cm³/mol. The summed E-state index contributed by atoms with van der Waals surface area (Å²) in [5.41, 5.74) is 3.68. The normalized spacial score (nSPS) is 14.5. The van der Waals surface area contributed by atoms with E-state index in [1.807, 2.05) is 57.2 Å². The summed E-state index contributed by atoms with van der Waals surface area (Å²) < 4.78 is 1.71. The van der Waals surface area contributed by atoms with Crippen LogP contribution in [-0.2, 0) is 16.8 Å². The molecule has 2 heterocycles. The molecule has 0 unspecified atom stereocenters. The Balaban J connectivity index is 1.54. The highest BCUT2D eigenvalue weighted by atomic mass is 16.2. The number of nitrogens with zero attached hydrogens (tertiary/aromatic N) is 3. The van der Waals surface area contributed by atoms with Gasteiger partial charge in [-0.25, -0.2) is 4.68 Å². The molecule has 7 nitrogen and oxygen atoms in total. The number of benzene rings is 2. The Morgan fingerprint density at radius 2 is 1.93 bits per heavy atom. The molecule has 0 radical (unpaired) electrons. The average molecular weight is 375 g/mol. The summed E-state index contributed by atoms with van der Waals surface area (Å²) in [6, 6.07) is 15.3. The molecule has 1 aliphatic rings. The Hall–Kier alpha value is -3.48. The topological polar surface area (TPSA) is 88.9 Å². The van der Waals surface area contributed by atoms with Crippen molar-refractivity contribution in [3.05, 3.63) is 71.0 Å². The minimum Gasteiger partial charge on any atom is -0.325 e. The second-order valence-corrected chi connectivity index (χ2v) is 7.46. The molecular weight excluding hydrogens is 354 g/mol. The van der Waals surface area contributed by atoms with Gasteiger partial charge in [-0.3, -0.25) is 9.59 Å². The first-order valence-corrected chi connectivity index (χ1v) is 9.07. The molecule has 4 rings (SSSR count). The van der Waals surface area contributed by atoms with Crippen LogP contribution in [0.4, 0.5) is 11.4 Å². The van der Waals surface area contributed by atoms with Crippen LogP contribution in [-0.4, -0.2) is 26.8 Å². The number of rotatable bonds is 4. The van der Waals surface area contributed by atoms with Gasteiger partial charge in [-0.2, -0.15) is 0 Å². The van der Waals surface area contributed by atoms with Crippen molar-refractivity contribution in [2.24, 2.45) is 0 Å². The molecule has 7 heteroatoms. The van der Waals surface area contributed by atoms with Crippen LogP contribution in [0.25, 0.3) is 0 Å². The molecule has 2 amide bonds. The zero-order chi connectivity index (χ0) is 19.9. The zero-order valence-electron chi connectivity index (χ0n) is 16.0. The highest BCUT2D eigenvalue weighted by Crippen LogP contribution is 2.38. The average Bonchev–Trinajstić information content (AvgIpc) is 3.14. The van der Waals surface area contributed by atoms with Crippen LogP contribution in [0, 0.1) is 6.92 Å². The molecule has 0 bridgehead atoms. The summed E-state index contributed by atoms with van der Waals surface area (Å²) in [6.07, 6.45) is 0. The molecule has 0 aliphatic carbocycles. The molecule has 0 spiro atoms. The van der Waals surface area contributed by atoms with E-state index in [0.29, 0.717) is 17.9 Å². The minimum atomic E-state index is -0.634. The second kappa shape index (κ2) is 6.60. The summed E-state index contributed by atoms with van der Waals surface area (Å²) in [4.78, 5) is 24.8. The van der Waals surface area contributed by atoms with E-state index in [1.165, 1.54) is 0 Å². The maximum Gasteiger partial charge on any atom is 0.278 e. The third-order valence-electron chi connectivity index (χ3n) is 5.14. The van der Waals surface area contributed by atoms with E-state index in [0.717, 1.165) is 16.8 Å². The first-order chi connectivity index (χ1) is 13.4. The van der Waals surface area contributed by atoms with Crippen LogP contribution in [0.15, 0.2) is 48.5 Å². The van der Waals surface area contributed by atoms with Gasteiger partial charge >= 0.3 is 0 Å². The molecule has 1 aliphatic heterocycles. The fraction of sp³-hybridized carbons (Fsp3) is 0.238. The van der Waals surface area contributed by atoms with Crippen molar-refractivity contribution in [3.63, 3.8) is 0 Å². The fourth-order valence-electron chi connectivity index (χ4n) is 3.32. The van der Waals surface area contributed by atoms with Crippen LogP contribution >= 0.6 is 0 Å². The number of nitrogens with one attached hydrogen (secondary N) is 2. The molecule has 0 atom stereocenters. The number of hydrogen-bond acceptors (Lipinski definition) is 4. The van der Waals surface area contributed by atoms with Gasteiger partial charge in [0.25, 0.3) is 5.91 Å². The highest BCUT2D eigenvalue weighted by molar-refractivity contribution is 6.07. The van der Waals surface area contributed by atoms with Crippen molar-refractivity contribution >= 4 is 23.2 Å². The first-order valence-electron chi connectivity index (χ1n) is 9.07. The van der Waals surface area contributed by atoms with Gasteiger partial charge in [0.15, 0.2) is 5.69 Å². The molecular formula is C21H21N5O2. The van der Waals surface area contributed by atoms with Crippen molar-refractivity contribution in [1.82, 2.24) is 15.0 Å². The van der Waals surface area contributed by atoms with Crippen LogP contribution in [0.3, 0.4) is 0 Å². The van der Waals surface area contributed by atoms with Gasteiger partial charge in [0, 0.05) is 11.4 Å². The smallest absolute Gasteiger partial charge is 0.278 e. The lowest BCUT2D eigenvalue weighted by molar-refractivity contribution is -0.119. The van der Waals surface area contributed by atoms with Gasteiger partial charge in [-0.05, 0) is 50.1 Å². The van der Waals surface area contributed by atoms with Gasteiger partial charge in [-0.1, -0.05) is 35.5 Å². The Morgan fingerprint density at radius 3 is 2.68 bits per heavy atom. The predicted octanol–water partition coefficient (Wildman–Crippen LogP) is 3.12. The van der Waals surface area contributed by atoms with E-state index < -0.39 is 5.41 Å². The Bertz CT molecular complexity index is 1070. The van der Waals surface area contributed by atoms with E-state index in [9.17, 15) is 9.59 Å². The fourth-order valence-corrected chi connectivity index (χ4v) is 3.32. The SMILES string of the molecule is Cc1c(C(=O)Nc2ccc3c(c2)C(C)(C)C(=O)N3)nnn1Cc1ccccc1. The maximum atomic E-state index is 12.7. The van der Waals surface area contributed by atoms with E-state index in [2.05, 4.69) is 20.9 Å². The summed E-state index contributed by atoms with van der Waals surface area (Å²) in [6.45, 7) is 6.10. The number of carbonyl (C=O) groups excluding carboxylic acids is 2. The second-order valence-electron chi connectivity index (χ2n) is 7.46. The third-order valence-corrected chi connectivity index (χ3v) is 5.14. The van der Waals surface area contributed by atoms with Crippen molar-refractivity contribution in [1.29, 1.82) is 0 Å². The van der Waals surface area contributed by atoms with Gasteiger partial charge in [0.1, 0.15) is 0 Å².